The van der Waals surface area contributed by atoms with Crippen molar-refractivity contribution in [2.75, 3.05) is 5.32 Å². The van der Waals surface area contributed by atoms with Crippen LogP contribution in [0.3, 0.4) is 0 Å². The molecular formula is C14H9FN2O3S. The SMILES string of the molecule is O=C(Nc1nc2ccc(O)cc2s1)c1cccc(F)c1O. The van der Waals surface area contributed by atoms with E-state index in [0.29, 0.717) is 15.3 Å². The van der Waals surface area contributed by atoms with E-state index in [1.54, 1.807) is 6.07 Å². The van der Waals surface area contributed by atoms with Crippen molar-refractivity contribution in [3.8, 4) is 11.5 Å². The molecule has 1 amide bonds. The number of phenols is 2. The van der Waals surface area contributed by atoms with Gasteiger partial charge in [-0.1, -0.05) is 17.4 Å². The number of carbonyl (C=O) groups is 1. The lowest BCUT2D eigenvalue weighted by atomic mass is 10.2. The zero-order chi connectivity index (χ0) is 15.0. The lowest BCUT2D eigenvalue weighted by Gasteiger charge is -2.04. The van der Waals surface area contributed by atoms with Crippen LogP contribution in [0.4, 0.5) is 9.52 Å². The number of phenolic OH excluding ortho intramolecular Hbond substituents is 2. The van der Waals surface area contributed by atoms with Crippen molar-refractivity contribution in [3.63, 3.8) is 0 Å². The van der Waals surface area contributed by atoms with E-state index in [-0.39, 0.29) is 11.3 Å². The van der Waals surface area contributed by atoms with E-state index < -0.39 is 17.5 Å². The van der Waals surface area contributed by atoms with Gasteiger partial charge in [0.1, 0.15) is 5.75 Å². The molecule has 106 valence electrons. The molecule has 3 aromatic rings. The number of halogens is 1. The van der Waals surface area contributed by atoms with Gasteiger partial charge in [0.25, 0.3) is 5.91 Å². The Morgan fingerprint density at radius 2 is 2.05 bits per heavy atom. The smallest absolute Gasteiger partial charge is 0.261 e. The maximum Gasteiger partial charge on any atom is 0.261 e. The summed E-state index contributed by atoms with van der Waals surface area (Å²) in [6.45, 7) is 0. The number of anilines is 1. The first kappa shape index (κ1) is 13.3. The normalized spacial score (nSPS) is 10.7. The molecule has 0 fully saturated rings. The van der Waals surface area contributed by atoms with Crippen LogP contribution in [0.1, 0.15) is 10.4 Å². The fraction of sp³-hybridized carbons (Fsp3) is 0. The average molecular weight is 304 g/mol. The van der Waals surface area contributed by atoms with Crippen LogP contribution in [0.2, 0.25) is 0 Å². The Bertz CT molecular complexity index is 847. The Morgan fingerprint density at radius 1 is 1.24 bits per heavy atom. The van der Waals surface area contributed by atoms with Gasteiger partial charge in [-0.05, 0) is 30.3 Å². The van der Waals surface area contributed by atoms with Gasteiger partial charge in [-0.2, -0.15) is 0 Å². The molecular weight excluding hydrogens is 295 g/mol. The second kappa shape index (κ2) is 5.02. The van der Waals surface area contributed by atoms with E-state index in [1.807, 2.05) is 0 Å². The monoisotopic (exact) mass is 304 g/mol. The van der Waals surface area contributed by atoms with E-state index in [0.717, 1.165) is 6.07 Å². The van der Waals surface area contributed by atoms with Gasteiger partial charge in [0.05, 0.1) is 15.8 Å². The highest BCUT2D eigenvalue weighted by Crippen LogP contribution is 2.29. The van der Waals surface area contributed by atoms with E-state index >= 15 is 0 Å². The van der Waals surface area contributed by atoms with Gasteiger partial charge < -0.3 is 10.2 Å². The Balaban J connectivity index is 1.91. The minimum Gasteiger partial charge on any atom is -0.508 e. The molecule has 3 N–H and O–H groups in total. The van der Waals surface area contributed by atoms with Crippen molar-refractivity contribution < 1.29 is 19.4 Å². The largest absolute Gasteiger partial charge is 0.508 e. The minimum absolute atomic E-state index is 0.104. The van der Waals surface area contributed by atoms with Gasteiger partial charge in [0.15, 0.2) is 16.7 Å². The summed E-state index contributed by atoms with van der Waals surface area (Å²) in [6.07, 6.45) is 0. The molecule has 0 aliphatic rings. The molecule has 0 atom stereocenters. The third-order valence-electron chi connectivity index (χ3n) is 2.82. The predicted molar refractivity (Wildman–Crippen MR) is 77.3 cm³/mol. The van der Waals surface area contributed by atoms with Crippen LogP contribution in [0.15, 0.2) is 36.4 Å². The zero-order valence-corrected chi connectivity index (χ0v) is 11.3. The first-order chi connectivity index (χ1) is 10.0. The van der Waals surface area contributed by atoms with Crippen LogP contribution in [-0.2, 0) is 0 Å². The highest BCUT2D eigenvalue weighted by molar-refractivity contribution is 7.22. The number of hydrogen-bond donors (Lipinski definition) is 3. The van der Waals surface area contributed by atoms with Crippen LogP contribution in [0.25, 0.3) is 10.2 Å². The van der Waals surface area contributed by atoms with Crippen LogP contribution in [0.5, 0.6) is 11.5 Å². The second-order valence-corrected chi connectivity index (χ2v) is 5.29. The second-order valence-electron chi connectivity index (χ2n) is 4.26. The van der Waals surface area contributed by atoms with Crippen molar-refractivity contribution >= 4 is 32.6 Å². The molecule has 7 heteroatoms. The lowest BCUT2D eigenvalue weighted by Crippen LogP contribution is -2.12. The fourth-order valence-corrected chi connectivity index (χ4v) is 2.72. The zero-order valence-electron chi connectivity index (χ0n) is 10.5. The highest BCUT2D eigenvalue weighted by Gasteiger charge is 2.16. The first-order valence-electron chi connectivity index (χ1n) is 5.93. The lowest BCUT2D eigenvalue weighted by molar-refractivity contribution is 0.102. The number of fused-ring (bicyclic) bond motifs is 1. The summed E-state index contributed by atoms with van der Waals surface area (Å²) in [4.78, 5) is 16.2. The molecule has 1 heterocycles. The van der Waals surface area contributed by atoms with Gasteiger partial charge in [0, 0.05) is 0 Å². The van der Waals surface area contributed by atoms with Crippen molar-refractivity contribution in [2.24, 2.45) is 0 Å². The third-order valence-corrected chi connectivity index (χ3v) is 3.76. The number of benzene rings is 2. The van der Waals surface area contributed by atoms with Crippen molar-refractivity contribution in [1.82, 2.24) is 4.98 Å². The summed E-state index contributed by atoms with van der Waals surface area (Å²) in [5.74, 6) is -2.12. The maximum absolute atomic E-state index is 13.2. The molecule has 2 aromatic carbocycles. The molecule has 0 bridgehead atoms. The number of hydrogen-bond acceptors (Lipinski definition) is 5. The van der Waals surface area contributed by atoms with Crippen LogP contribution >= 0.6 is 11.3 Å². The van der Waals surface area contributed by atoms with Crippen molar-refractivity contribution in [2.45, 2.75) is 0 Å². The van der Waals surface area contributed by atoms with Gasteiger partial charge in [0.2, 0.25) is 0 Å². The number of thiazole rings is 1. The average Bonchev–Trinajstić information content (AvgIpc) is 2.83. The summed E-state index contributed by atoms with van der Waals surface area (Å²) in [7, 11) is 0. The minimum atomic E-state index is -0.864. The maximum atomic E-state index is 13.2. The molecule has 1 aromatic heterocycles. The quantitative estimate of drug-likeness (QED) is 0.679. The Morgan fingerprint density at radius 3 is 2.86 bits per heavy atom. The number of rotatable bonds is 2. The van der Waals surface area contributed by atoms with E-state index in [9.17, 15) is 19.4 Å². The molecule has 0 aliphatic carbocycles. The molecule has 0 radical (unpaired) electrons. The number of nitrogens with zero attached hydrogens (tertiary/aromatic N) is 1. The number of aromatic nitrogens is 1. The van der Waals surface area contributed by atoms with Crippen LogP contribution in [-0.4, -0.2) is 21.1 Å². The summed E-state index contributed by atoms with van der Waals surface area (Å²) in [5, 5.41) is 21.7. The first-order valence-corrected chi connectivity index (χ1v) is 6.74. The molecule has 0 saturated heterocycles. The van der Waals surface area contributed by atoms with E-state index in [2.05, 4.69) is 10.3 Å². The molecule has 3 rings (SSSR count). The third kappa shape index (κ3) is 2.50. The standard InChI is InChI=1S/C14H9FN2O3S/c15-9-3-1-2-8(12(9)19)13(20)17-14-16-10-5-4-7(18)6-11(10)21-14/h1-6,18-19H,(H,16,17,20). The molecule has 0 spiro atoms. The number of aromatic hydroxyl groups is 2. The molecule has 0 saturated carbocycles. The molecule has 0 unspecified atom stereocenters. The van der Waals surface area contributed by atoms with Gasteiger partial charge in [-0.3, -0.25) is 10.1 Å². The summed E-state index contributed by atoms with van der Waals surface area (Å²) in [5.41, 5.74) is 0.452. The van der Waals surface area contributed by atoms with Crippen molar-refractivity contribution in [1.29, 1.82) is 0 Å². The highest BCUT2D eigenvalue weighted by atomic mass is 32.1. The summed E-state index contributed by atoms with van der Waals surface area (Å²) < 4.78 is 13.9. The Hall–Kier alpha value is -2.67. The summed E-state index contributed by atoms with van der Waals surface area (Å²) >= 11 is 1.17. The molecule has 5 nitrogen and oxygen atoms in total. The van der Waals surface area contributed by atoms with Gasteiger partial charge >= 0.3 is 0 Å². The molecule has 0 aliphatic heterocycles. The topological polar surface area (TPSA) is 82.5 Å². The molecule has 21 heavy (non-hydrogen) atoms. The van der Waals surface area contributed by atoms with Crippen LogP contribution < -0.4 is 5.32 Å². The van der Waals surface area contributed by atoms with Gasteiger partial charge in [-0.15, -0.1) is 0 Å². The number of nitrogens with one attached hydrogen (secondary N) is 1. The number of para-hydroxylation sites is 1. The predicted octanol–water partition coefficient (Wildman–Crippen LogP) is 3.10. The summed E-state index contributed by atoms with van der Waals surface area (Å²) in [6, 6.07) is 8.35. The van der Waals surface area contributed by atoms with E-state index in [4.69, 9.17) is 0 Å². The number of amides is 1. The Labute approximate surface area is 122 Å². The Kier molecular flexibility index (Phi) is 3.19. The van der Waals surface area contributed by atoms with E-state index in [1.165, 1.54) is 35.6 Å². The fourth-order valence-electron chi connectivity index (χ4n) is 1.83. The van der Waals surface area contributed by atoms with Gasteiger partial charge in [-0.25, -0.2) is 9.37 Å². The van der Waals surface area contributed by atoms with Crippen molar-refractivity contribution in [3.05, 3.63) is 47.8 Å². The number of carbonyl (C=O) groups excluding carboxylic acids is 1. The van der Waals surface area contributed by atoms with Crippen LogP contribution in [0, 0.1) is 5.82 Å².